The van der Waals surface area contributed by atoms with Crippen LogP contribution in [0.15, 0.2) is 18.2 Å². The van der Waals surface area contributed by atoms with Crippen LogP contribution in [-0.2, 0) is 16.2 Å². The van der Waals surface area contributed by atoms with Crippen molar-refractivity contribution in [1.29, 1.82) is 5.26 Å². The van der Waals surface area contributed by atoms with Crippen molar-refractivity contribution in [2.75, 3.05) is 23.1 Å². The lowest BCUT2D eigenvalue weighted by Crippen LogP contribution is -2.61. The van der Waals surface area contributed by atoms with Crippen molar-refractivity contribution >= 4 is 26.5 Å². The van der Waals surface area contributed by atoms with Gasteiger partial charge in [-0.25, -0.2) is 8.42 Å². The van der Waals surface area contributed by atoms with E-state index in [4.69, 9.17) is 5.26 Å². The van der Waals surface area contributed by atoms with Crippen molar-refractivity contribution < 1.29 is 30.7 Å². The van der Waals surface area contributed by atoms with Crippen molar-refractivity contribution in [3.63, 3.8) is 0 Å². The van der Waals surface area contributed by atoms with Crippen LogP contribution in [0, 0.1) is 23.2 Å². The van der Waals surface area contributed by atoms with E-state index in [0.29, 0.717) is 12.8 Å². The molecule has 4 atom stereocenters. The van der Waals surface area contributed by atoms with Crippen LogP contribution in [0.25, 0.3) is 0 Å². The number of halogens is 3. The third-order valence-electron chi connectivity index (χ3n) is 6.50. The fraction of sp³-hybridized carbons (Fsp3) is 0.611. The average Bonchev–Trinajstić information content (AvgIpc) is 3.00. The molecule has 0 spiro atoms. The number of alkyl halides is 3. The second kappa shape index (κ2) is 7.00. The van der Waals surface area contributed by atoms with Crippen LogP contribution >= 0.6 is 10.8 Å². The van der Waals surface area contributed by atoms with Gasteiger partial charge in [0.1, 0.15) is 0 Å². The highest BCUT2D eigenvalue weighted by atomic mass is 32.3. The molecule has 1 aliphatic carbocycles. The molecule has 1 saturated carbocycles. The normalized spacial score (nSPS) is 32.0. The van der Waals surface area contributed by atoms with Crippen molar-refractivity contribution in [1.82, 2.24) is 4.31 Å². The van der Waals surface area contributed by atoms with Crippen molar-refractivity contribution in [3.05, 3.63) is 29.3 Å². The van der Waals surface area contributed by atoms with Gasteiger partial charge in [-0.1, -0.05) is 0 Å². The van der Waals surface area contributed by atoms with Crippen molar-refractivity contribution in [3.8, 4) is 6.07 Å². The third kappa shape index (κ3) is 3.18. The Morgan fingerprint density at radius 1 is 1.27 bits per heavy atom. The van der Waals surface area contributed by atoms with E-state index in [0.717, 1.165) is 12.1 Å². The zero-order valence-electron chi connectivity index (χ0n) is 16.1. The van der Waals surface area contributed by atoms with Gasteiger partial charge in [0.2, 0.25) is 10.0 Å². The molecular formula is C18H22F3N3O4S2. The highest BCUT2D eigenvalue weighted by molar-refractivity contribution is 8.26. The monoisotopic (exact) mass is 465 g/mol. The van der Waals surface area contributed by atoms with Crippen LogP contribution in [0.2, 0.25) is 0 Å². The van der Waals surface area contributed by atoms with Gasteiger partial charge >= 0.3 is 6.18 Å². The van der Waals surface area contributed by atoms with Crippen molar-refractivity contribution in [2.24, 2.45) is 11.8 Å². The Morgan fingerprint density at radius 2 is 1.97 bits per heavy atom. The molecule has 5 rings (SSSR count). The maximum Gasteiger partial charge on any atom is 0.417 e. The lowest BCUT2D eigenvalue weighted by Gasteiger charge is -2.54. The molecule has 0 aromatic heterocycles. The van der Waals surface area contributed by atoms with Gasteiger partial charge in [0, 0.05) is 25.0 Å². The molecule has 7 nitrogen and oxygen atoms in total. The van der Waals surface area contributed by atoms with E-state index in [9.17, 15) is 30.7 Å². The summed E-state index contributed by atoms with van der Waals surface area (Å²) in [6, 6.07) is 4.19. The first-order chi connectivity index (χ1) is 13.9. The molecule has 0 amide bonds. The summed E-state index contributed by atoms with van der Waals surface area (Å²) in [6.45, 7) is 1.80. The number of nitrogens with zero attached hydrogens (tertiary/aromatic N) is 3. The molecule has 1 aromatic carbocycles. The molecule has 4 fully saturated rings. The summed E-state index contributed by atoms with van der Waals surface area (Å²) >= 11 is 0. The number of hydrogen-bond donors (Lipinski definition) is 2. The highest BCUT2D eigenvalue weighted by Gasteiger charge is 2.60. The first-order valence-corrected chi connectivity index (χ1v) is 12.7. The van der Waals surface area contributed by atoms with Crippen LogP contribution in [0.5, 0.6) is 0 Å². The summed E-state index contributed by atoms with van der Waals surface area (Å²) in [7, 11) is -6.94. The molecule has 3 saturated heterocycles. The second-order valence-corrected chi connectivity index (χ2v) is 12.3. The van der Waals surface area contributed by atoms with Crippen LogP contribution in [0.4, 0.5) is 18.9 Å². The largest absolute Gasteiger partial charge is 0.417 e. The number of piperidine rings is 2. The Hall–Kier alpha value is -1.52. The number of anilines is 1. The van der Waals surface area contributed by atoms with Gasteiger partial charge in [0.05, 0.1) is 33.9 Å². The highest BCUT2D eigenvalue weighted by Crippen LogP contribution is 2.65. The summed E-state index contributed by atoms with van der Waals surface area (Å²) in [5.41, 5.74) is -1.70. The maximum absolute atomic E-state index is 13.4. The maximum atomic E-state index is 13.4. The first-order valence-electron chi connectivity index (χ1n) is 9.57. The molecule has 2 bridgehead atoms. The number of benzene rings is 1. The van der Waals surface area contributed by atoms with E-state index in [1.165, 1.54) is 20.7 Å². The molecule has 1 aromatic rings. The molecule has 4 aliphatic rings. The topological polar surface area (TPSA) is 105 Å². The minimum atomic E-state index is -4.76. The van der Waals surface area contributed by atoms with E-state index in [1.54, 1.807) is 6.92 Å². The Kier molecular flexibility index (Phi) is 5.06. The number of hydrogen-bond acceptors (Lipinski definition) is 6. The summed E-state index contributed by atoms with van der Waals surface area (Å²) in [5.74, 6) is -0.705. The minimum absolute atomic E-state index is 0.0278. The molecule has 2 N–H and O–H groups in total. The van der Waals surface area contributed by atoms with Gasteiger partial charge in [-0.05, 0) is 43.9 Å². The fourth-order valence-electron chi connectivity index (χ4n) is 5.18. The van der Waals surface area contributed by atoms with E-state index < -0.39 is 49.4 Å². The van der Waals surface area contributed by atoms with Gasteiger partial charge < -0.3 is 0 Å². The fourth-order valence-corrected chi connectivity index (χ4v) is 9.19. The Balaban J connectivity index is 1.73. The van der Waals surface area contributed by atoms with Gasteiger partial charge in [0.15, 0.2) is 0 Å². The summed E-state index contributed by atoms with van der Waals surface area (Å²) in [4.78, 5) is 0. The molecular weight excluding hydrogens is 443 g/mol. The number of nitriles is 1. The Labute approximate surface area is 174 Å². The van der Waals surface area contributed by atoms with Gasteiger partial charge in [-0.2, -0.15) is 22.7 Å². The molecule has 0 radical (unpaired) electrons. The smallest absolute Gasteiger partial charge is 0.281 e. The standard InChI is InChI=1S/C18H22F3N3O4S2/c1-2-29(25,26)24-9-12-4-6-16(24)14-10-23(30(27,28)17(12)14)13-5-3-11(8-22)15(7-13)18(19,20)21/h3,5,7,12,14,16-17,27-28H,2,4,6,9-10H2,1H3/t12-,14+,16-,17-/m1/s1. The van der Waals surface area contributed by atoms with Crippen LogP contribution < -0.4 is 4.31 Å². The van der Waals surface area contributed by atoms with E-state index >= 15 is 0 Å². The van der Waals surface area contributed by atoms with E-state index in [2.05, 4.69) is 0 Å². The van der Waals surface area contributed by atoms with Gasteiger partial charge in [-0.15, -0.1) is 10.8 Å². The zero-order chi connectivity index (χ0) is 22.1. The Morgan fingerprint density at radius 3 is 2.57 bits per heavy atom. The lowest BCUT2D eigenvalue weighted by molar-refractivity contribution is -0.137. The minimum Gasteiger partial charge on any atom is -0.281 e. The van der Waals surface area contributed by atoms with Crippen LogP contribution in [-0.4, -0.2) is 52.0 Å². The number of fused-ring (bicyclic) bond motifs is 2. The molecule has 3 heterocycles. The zero-order valence-corrected chi connectivity index (χ0v) is 17.7. The molecule has 12 heteroatoms. The summed E-state index contributed by atoms with van der Waals surface area (Å²) in [5, 5.41) is 8.40. The quantitative estimate of drug-likeness (QED) is 0.708. The average molecular weight is 466 g/mol. The van der Waals surface area contributed by atoms with Crippen LogP contribution in [0.3, 0.4) is 0 Å². The first kappa shape index (κ1) is 21.7. The van der Waals surface area contributed by atoms with E-state index in [-0.39, 0.29) is 36.4 Å². The summed E-state index contributed by atoms with van der Waals surface area (Å²) in [6.07, 6.45) is -3.52. The molecule has 30 heavy (non-hydrogen) atoms. The van der Waals surface area contributed by atoms with Crippen LogP contribution in [0.1, 0.15) is 30.9 Å². The summed E-state index contributed by atoms with van der Waals surface area (Å²) < 4.78 is 89.9. The number of sulfonamides is 1. The van der Waals surface area contributed by atoms with Crippen molar-refractivity contribution in [2.45, 2.75) is 37.2 Å². The third-order valence-corrected chi connectivity index (χ3v) is 10.8. The lowest BCUT2D eigenvalue weighted by atomic mass is 9.73. The molecule has 0 unspecified atom stereocenters. The second-order valence-electron chi connectivity index (χ2n) is 7.97. The van der Waals surface area contributed by atoms with Gasteiger partial charge in [-0.3, -0.25) is 13.4 Å². The molecule has 3 aliphatic heterocycles. The Bertz CT molecular complexity index is 1010. The predicted octanol–water partition coefficient (Wildman–Crippen LogP) is 3.49. The van der Waals surface area contributed by atoms with Gasteiger partial charge in [0.25, 0.3) is 0 Å². The SMILES string of the molecule is CCS(=O)(=O)N1C[C@H]2CC[C@@H]1[C@@H]1CN(c3ccc(C#N)c(C(F)(F)F)c3)S(O)(O)[C@H]21. The van der Waals surface area contributed by atoms with E-state index in [1.807, 2.05) is 0 Å². The molecule has 166 valence electrons. The number of rotatable bonds is 3. The predicted molar refractivity (Wildman–Crippen MR) is 106 cm³/mol.